The Bertz CT molecular complexity index is 2200. The molecule has 1 aromatic heterocycles. The fourth-order valence-corrected chi connectivity index (χ4v) is 8.87. The van der Waals surface area contributed by atoms with Crippen LogP contribution in [0.15, 0.2) is 67.3 Å². The van der Waals surface area contributed by atoms with Crippen molar-refractivity contribution in [3.8, 4) is 22.8 Å². The Labute approximate surface area is 355 Å². The van der Waals surface area contributed by atoms with Gasteiger partial charge in [-0.15, -0.1) is 6.58 Å². The minimum atomic E-state index is -4.49. The Morgan fingerprint density at radius 1 is 1.07 bits per heavy atom. The number of pyridine rings is 1. The molecule has 3 N–H and O–H groups in total. The van der Waals surface area contributed by atoms with Crippen molar-refractivity contribution in [1.82, 2.24) is 30.1 Å². The molecule has 7 rings (SSSR count). The number of hydrogen-bond donors (Lipinski definition) is 3. The normalized spacial score (nSPS) is 23.4. The van der Waals surface area contributed by atoms with E-state index in [-0.39, 0.29) is 37.1 Å². The molecule has 0 bridgehead atoms. The molecule has 3 saturated carbocycles. The average Bonchev–Trinajstić information content (AvgIpc) is 4.13. The van der Waals surface area contributed by atoms with Gasteiger partial charge in [-0.25, -0.2) is 14.0 Å². The summed E-state index contributed by atoms with van der Waals surface area (Å²) in [4.78, 5) is 64.2. The second-order valence-corrected chi connectivity index (χ2v) is 19.1. The molecule has 4 aliphatic rings. The monoisotopic (exact) mass is 866 g/mol. The van der Waals surface area contributed by atoms with Crippen molar-refractivity contribution in [2.45, 2.75) is 101 Å². The van der Waals surface area contributed by atoms with Crippen LogP contribution in [-0.4, -0.2) is 105 Å². The zero-order valence-corrected chi connectivity index (χ0v) is 35.6. The maximum absolute atomic E-state index is 14.9. The van der Waals surface area contributed by atoms with Crippen molar-refractivity contribution in [3.05, 3.63) is 67.3 Å². The highest BCUT2D eigenvalue weighted by atomic mass is 32.2. The van der Waals surface area contributed by atoms with Crippen LogP contribution in [0.25, 0.3) is 22.2 Å². The average molecular weight is 867 g/mol. The Hall–Kier alpha value is -5.19. The van der Waals surface area contributed by atoms with Gasteiger partial charge in [0.05, 0.1) is 36.5 Å². The second-order valence-electron chi connectivity index (χ2n) is 17.7. The van der Waals surface area contributed by atoms with Gasteiger partial charge in [-0.3, -0.25) is 19.1 Å². The van der Waals surface area contributed by atoms with Crippen molar-refractivity contribution in [1.29, 1.82) is 0 Å². The first-order valence-corrected chi connectivity index (χ1v) is 21.9. The quantitative estimate of drug-likeness (QED) is 0.147. The minimum Gasteiger partial charge on any atom is -0.497 e. The molecule has 2 aromatic carbocycles. The standard InChI is InChI=1S/C44H53F3N6O7S/c1-6-28-23-43(28,40(56)51-61(58)31-15-16-31)50-38(54)35-21-30(60-36-22-33(27-10-8-7-9-11-27)48-34-20-29(59-5)14-17-32(34)36)25-53(35)39(55)37(42(2,3)4)49-41(57)52(24-26-12-13-26)19-18-44(45,46)47/h6-11,14,17,20,22,26,28,30-31,35,37H,1,12-13,15-16,18-19,21,23-25H2,2-5H3,(H,49,57)(H,50,54)(H,51,56)/t28?,30-,35+,37-,43-,61?/m1/s1. The Morgan fingerprint density at radius 2 is 1.79 bits per heavy atom. The zero-order chi connectivity index (χ0) is 43.9. The van der Waals surface area contributed by atoms with E-state index in [0.717, 1.165) is 36.1 Å². The molecule has 6 atom stereocenters. The van der Waals surface area contributed by atoms with Crippen molar-refractivity contribution in [2.24, 2.45) is 17.3 Å². The molecule has 4 fully saturated rings. The van der Waals surface area contributed by atoms with Gasteiger partial charge in [-0.05, 0) is 55.6 Å². The van der Waals surface area contributed by atoms with Crippen LogP contribution in [-0.2, 0) is 25.4 Å². The molecule has 5 amide bonds. The number of amides is 5. The number of ether oxygens (including phenoxy) is 2. The molecule has 1 saturated heterocycles. The van der Waals surface area contributed by atoms with Crippen LogP contribution in [0.5, 0.6) is 11.5 Å². The van der Waals surface area contributed by atoms with Gasteiger partial charge in [-0.1, -0.05) is 57.2 Å². The lowest BCUT2D eigenvalue weighted by Crippen LogP contribution is -2.61. The Kier molecular flexibility index (Phi) is 12.4. The minimum absolute atomic E-state index is 0.0210. The number of carbonyl (C=O) groups excluding carboxylic acids is 4. The Morgan fingerprint density at radius 3 is 2.39 bits per heavy atom. The summed E-state index contributed by atoms with van der Waals surface area (Å²) in [6.07, 6.45) is -1.72. The fraction of sp³-hybridized carbons (Fsp3) is 0.523. The van der Waals surface area contributed by atoms with E-state index in [2.05, 4.69) is 21.9 Å². The summed E-state index contributed by atoms with van der Waals surface area (Å²) in [5, 5.41) is 6.12. The van der Waals surface area contributed by atoms with E-state index in [0.29, 0.717) is 28.1 Å². The van der Waals surface area contributed by atoms with Crippen LogP contribution in [0.4, 0.5) is 18.0 Å². The number of likely N-dealkylation sites (tertiary alicyclic amines) is 1. The maximum Gasteiger partial charge on any atom is 0.390 e. The lowest BCUT2D eigenvalue weighted by Gasteiger charge is -2.37. The van der Waals surface area contributed by atoms with Crippen LogP contribution in [0.2, 0.25) is 0 Å². The number of nitrogens with one attached hydrogen (secondary N) is 3. The molecule has 13 nitrogen and oxygen atoms in total. The van der Waals surface area contributed by atoms with Gasteiger partial charge in [0.15, 0.2) is 0 Å². The maximum atomic E-state index is 14.9. The van der Waals surface area contributed by atoms with Crippen LogP contribution in [0.3, 0.4) is 0 Å². The molecule has 3 aromatic rings. The molecule has 328 valence electrons. The number of aromatic nitrogens is 1. The summed E-state index contributed by atoms with van der Waals surface area (Å²) in [6, 6.07) is 13.3. The van der Waals surface area contributed by atoms with E-state index in [1.807, 2.05) is 30.3 Å². The highest BCUT2D eigenvalue weighted by Crippen LogP contribution is 2.45. The van der Waals surface area contributed by atoms with E-state index in [4.69, 9.17) is 14.5 Å². The highest BCUT2D eigenvalue weighted by Gasteiger charge is 2.61. The van der Waals surface area contributed by atoms with Gasteiger partial charge in [0.2, 0.25) is 11.8 Å². The lowest BCUT2D eigenvalue weighted by atomic mass is 9.85. The largest absolute Gasteiger partial charge is 0.497 e. The molecule has 0 radical (unpaired) electrons. The molecule has 61 heavy (non-hydrogen) atoms. The van der Waals surface area contributed by atoms with Gasteiger partial charge < -0.3 is 29.9 Å². The summed E-state index contributed by atoms with van der Waals surface area (Å²) < 4.78 is 67.6. The van der Waals surface area contributed by atoms with Crippen molar-refractivity contribution in [2.75, 3.05) is 26.7 Å². The zero-order valence-electron chi connectivity index (χ0n) is 34.8. The molecule has 3 aliphatic carbocycles. The molecule has 17 heteroatoms. The SMILES string of the molecule is C=CC1C[C@]1(NC(=O)[C@@H]1C[C@@H](Oc2cc(-c3ccccc3)nc3cc(OC)ccc23)CN1C(=O)[C@@H](NC(=O)N(CCC(F)(F)F)CC1CC1)C(C)(C)C)C(=O)NS(=O)C1CC1. The number of nitrogens with zero attached hydrogens (tertiary/aromatic N) is 3. The van der Waals surface area contributed by atoms with Gasteiger partial charge in [0.1, 0.15) is 46.2 Å². The summed E-state index contributed by atoms with van der Waals surface area (Å²) in [5.41, 5.74) is -0.408. The number of alkyl halides is 3. The summed E-state index contributed by atoms with van der Waals surface area (Å²) in [6.45, 7) is 8.42. The number of urea groups is 1. The van der Waals surface area contributed by atoms with Gasteiger partial charge in [0, 0.05) is 48.5 Å². The topological polar surface area (TPSA) is 159 Å². The van der Waals surface area contributed by atoms with Gasteiger partial charge in [-0.2, -0.15) is 13.2 Å². The Balaban J connectivity index is 1.20. The number of rotatable bonds is 16. The summed E-state index contributed by atoms with van der Waals surface area (Å²) in [5.74, 6) is -1.30. The van der Waals surface area contributed by atoms with E-state index < -0.39 is 88.9 Å². The number of fused-ring (bicyclic) bond motifs is 1. The van der Waals surface area contributed by atoms with Crippen LogP contribution in [0.1, 0.15) is 65.7 Å². The summed E-state index contributed by atoms with van der Waals surface area (Å²) in [7, 11) is -0.0754. The van der Waals surface area contributed by atoms with E-state index in [1.54, 1.807) is 58.2 Å². The molecule has 1 aliphatic heterocycles. The number of hydrogen-bond acceptors (Lipinski definition) is 8. The number of halogens is 3. The van der Waals surface area contributed by atoms with Crippen molar-refractivity contribution >= 4 is 45.6 Å². The molecule has 2 unspecified atom stereocenters. The molecule has 0 spiro atoms. The number of carbonyl (C=O) groups is 4. The molecular formula is C44H53F3N6O7S. The van der Waals surface area contributed by atoms with Crippen LogP contribution in [0, 0.1) is 17.3 Å². The predicted octanol–water partition coefficient (Wildman–Crippen LogP) is 6.05. The first-order chi connectivity index (χ1) is 28.9. The molecular weight excluding hydrogens is 814 g/mol. The molecule has 2 heterocycles. The summed E-state index contributed by atoms with van der Waals surface area (Å²) >= 11 is 0. The first-order valence-electron chi connectivity index (χ1n) is 20.7. The fourth-order valence-electron chi connectivity index (χ4n) is 7.78. The highest BCUT2D eigenvalue weighted by molar-refractivity contribution is 7.84. The number of methoxy groups -OCH3 is 1. The van der Waals surface area contributed by atoms with Crippen LogP contribution < -0.4 is 24.8 Å². The van der Waals surface area contributed by atoms with E-state index >= 15 is 0 Å². The van der Waals surface area contributed by atoms with Gasteiger partial charge in [0.25, 0.3) is 5.91 Å². The van der Waals surface area contributed by atoms with Gasteiger partial charge >= 0.3 is 12.2 Å². The third-order valence-electron chi connectivity index (χ3n) is 11.8. The van der Waals surface area contributed by atoms with Crippen LogP contribution >= 0.6 is 0 Å². The number of benzene rings is 2. The predicted molar refractivity (Wildman–Crippen MR) is 223 cm³/mol. The van der Waals surface area contributed by atoms with E-state index in [9.17, 15) is 36.6 Å². The van der Waals surface area contributed by atoms with E-state index in [1.165, 1.54) is 4.90 Å². The van der Waals surface area contributed by atoms with Crippen molar-refractivity contribution in [3.63, 3.8) is 0 Å². The lowest BCUT2D eigenvalue weighted by molar-refractivity contribution is -0.143. The van der Waals surface area contributed by atoms with Crippen molar-refractivity contribution < 1.29 is 46.0 Å². The third kappa shape index (κ3) is 10.3. The first kappa shape index (κ1) is 43.9. The third-order valence-corrected chi connectivity index (χ3v) is 13.2. The smallest absolute Gasteiger partial charge is 0.390 e. The second kappa shape index (κ2) is 17.3.